The smallest absolute Gasteiger partial charge is 0.190 e. The lowest BCUT2D eigenvalue weighted by Gasteiger charge is -2.60. The fourth-order valence-electron chi connectivity index (χ4n) is 8.58. The largest absolute Gasteiger partial charge is 0.393 e. The highest BCUT2D eigenvalue weighted by Crippen LogP contribution is 2.67. The van der Waals surface area contributed by atoms with Gasteiger partial charge < -0.3 is 15.3 Å². The SMILES string of the molecule is C1=CCCCCC1.C[C@]12CC[C@@H](O)C[C@H]1CC[C@@H]1[C@@H]2C(=O)C[C@@]2(C)[C@H]1CC[C@]2(O)C(=O)CO. The average Bonchev–Trinajstić information content (AvgIpc) is 2.98. The maximum absolute atomic E-state index is 13.4. The van der Waals surface area contributed by atoms with Gasteiger partial charge in [-0.15, -0.1) is 0 Å². The quantitative estimate of drug-likeness (QED) is 0.532. The molecule has 0 aromatic heterocycles. The van der Waals surface area contributed by atoms with Crippen LogP contribution < -0.4 is 0 Å². The van der Waals surface area contributed by atoms with Crippen LogP contribution in [0.15, 0.2) is 12.2 Å². The predicted molar refractivity (Wildman–Crippen MR) is 127 cm³/mol. The van der Waals surface area contributed by atoms with Crippen LogP contribution >= 0.6 is 0 Å². The molecule has 5 rings (SSSR count). The molecule has 0 amide bonds. The van der Waals surface area contributed by atoms with Gasteiger partial charge in [-0.3, -0.25) is 9.59 Å². The van der Waals surface area contributed by atoms with E-state index in [9.17, 15) is 24.9 Å². The fraction of sp³-hybridized carbons (Fsp3) is 0.857. The zero-order chi connectivity index (χ0) is 23.9. The summed E-state index contributed by atoms with van der Waals surface area (Å²) in [6.45, 7) is 3.46. The lowest BCUT2D eigenvalue weighted by molar-refractivity contribution is -0.180. The summed E-state index contributed by atoms with van der Waals surface area (Å²) < 4.78 is 0. The molecule has 0 saturated heterocycles. The van der Waals surface area contributed by atoms with Crippen LogP contribution in [0.2, 0.25) is 0 Å². The lowest BCUT2D eigenvalue weighted by Crippen LogP contribution is -2.62. The third kappa shape index (κ3) is 4.16. The molecule has 3 N–H and O–H groups in total. The van der Waals surface area contributed by atoms with Crippen molar-refractivity contribution >= 4 is 11.6 Å². The van der Waals surface area contributed by atoms with Crippen LogP contribution in [-0.2, 0) is 9.59 Å². The van der Waals surface area contributed by atoms with Crippen molar-refractivity contribution in [1.29, 1.82) is 0 Å². The number of hydrogen-bond acceptors (Lipinski definition) is 5. The van der Waals surface area contributed by atoms with Crippen molar-refractivity contribution in [3.05, 3.63) is 12.2 Å². The molecule has 0 aromatic rings. The van der Waals surface area contributed by atoms with Gasteiger partial charge in [-0.2, -0.15) is 0 Å². The van der Waals surface area contributed by atoms with E-state index in [1.54, 1.807) is 0 Å². The number of fused-ring (bicyclic) bond motifs is 5. The Kier molecular flexibility index (Phi) is 7.25. The summed E-state index contributed by atoms with van der Waals surface area (Å²) in [6, 6.07) is 0. The number of carbonyl (C=O) groups is 2. The van der Waals surface area contributed by atoms with Crippen molar-refractivity contribution < 1.29 is 24.9 Å². The molecular formula is C28H44O5. The number of aliphatic hydroxyl groups excluding tert-OH is 2. The maximum atomic E-state index is 13.4. The molecule has 5 aliphatic rings. The standard InChI is InChI=1S/C21H32O5.C7H12/c1-19-7-5-13(23)9-12(19)3-4-14-15-6-8-21(26,17(25)11-22)20(15,2)10-16(24)18(14)19;1-2-4-6-7-5-3-1/h12-15,18,22-23,26H,3-11H2,1-2H3;1-2H,3-7H2/t12-,13-,14+,15+,18-,19+,20+,21+;/m1./s1. The molecule has 0 heterocycles. The highest BCUT2D eigenvalue weighted by atomic mass is 16.3. The van der Waals surface area contributed by atoms with E-state index in [1.807, 2.05) is 6.92 Å². The van der Waals surface area contributed by atoms with Crippen LogP contribution in [0.3, 0.4) is 0 Å². The third-order valence-corrected chi connectivity index (χ3v) is 10.5. The molecule has 4 fully saturated rings. The number of carbonyl (C=O) groups excluding carboxylic acids is 2. The summed E-state index contributed by atoms with van der Waals surface area (Å²) in [4.78, 5) is 25.7. The van der Waals surface area contributed by atoms with Crippen LogP contribution in [0.4, 0.5) is 0 Å². The second-order valence-corrected chi connectivity index (χ2v) is 12.1. The van der Waals surface area contributed by atoms with Gasteiger partial charge in [0.05, 0.1) is 6.10 Å². The molecule has 186 valence electrons. The molecular weight excluding hydrogens is 416 g/mol. The van der Waals surface area contributed by atoms with Crippen molar-refractivity contribution in [2.45, 2.75) is 109 Å². The number of hydrogen-bond donors (Lipinski definition) is 3. The fourth-order valence-corrected chi connectivity index (χ4v) is 8.58. The zero-order valence-electron chi connectivity index (χ0n) is 20.6. The average molecular weight is 461 g/mol. The first-order chi connectivity index (χ1) is 15.7. The van der Waals surface area contributed by atoms with Gasteiger partial charge in [-0.1, -0.05) is 32.4 Å². The Bertz CT molecular complexity index is 768. The maximum Gasteiger partial charge on any atom is 0.190 e. The van der Waals surface area contributed by atoms with Crippen LogP contribution in [-0.4, -0.2) is 45.2 Å². The van der Waals surface area contributed by atoms with Gasteiger partial charge in [0.15, 0.2) is 5.78 Å². The first kappa shape index (κ1) is 25.1. The third-order valence-electron chi connectivity index (χ3n) is 10.5. The van der Waals surface area contributed by atoms with Crippen molar-refractivity contribution in [3.63, 3.8) is 0 Å². The minimum absolute atomic E-state index is 0.0154. The highest BCUT2D eigenvalue weighted by molar-refractivity contribution is 5.92. The first-order valence-corrected chi connectivity index (χ1v) is 13.4. The Labute approximate surface area is 199 Å². The summed E-state index contributed by atoms with van der Waals surface area (Å²) >= 11 is 0. The molecule has 0 aliphatic heterocycles. The van der Waals surface area contributed by atoms with Crippen LogP contribution in [0, 0.1) is 34.5 Å². The van der Waals surface area contributed by atoms with Crippen molar-refractivity contribution in [2.75, 3.05) is 6.61 Å². The number of rotatable bonds is 2. The Hall–Kier alpha value is -1.04. The number of Topliss-reactive ketones (excluding diaryl/α,β-unsaturated/α-hetero) is 2. The minimum atomic E-state index is -1.58. The van der Waals surface area contributed by atoms with E-state index in [-0.39, 0.29) is 41.5 Å². The molecule has 0 spiro atoms. The molecule has 0 unspecified atom stereocenters. The lowest BCUT2D eigenvalue weighted by atomic mass is 9.44. The van der Waals surface area contributed by atoms with Crippen molar-refractivity contribution in [3.8, 4) is 0 Å². The first-order valence-electron chi connectivity index (χ1n) is 13.4. The second kappa shape index (κ2) is 9.54. The zero-order valence-corrected chi connectivity index (χ0v) is 20.6. The monoisotopic (exact) mass is 460 g/mol. The summed E-state index contributed by atoms with van der Waals surface area (Å²) in [7, 11) is 0. The highest BCUT2D eigenvalue weighted by Gasteiger charge is 2.68. The molecule has 4 saturated carbocycles. The predicted octanol–water partition coefficient (Wildman–Crippen LogP) is 4.37. The van der Waals surface area contributed by atoms with E-state index < -0.39 is 23.4 Å². The topological polar surface area (TPSA) is 94.8 Å². The van der Waals surface area contributed by atoms with Gasteiger partial charge in [0.2, 0.25) is 0 Å². The Morgan fingerprint density at radius 3 is 2.39 bits per heavy atom. The van der Waals surface area contributed by atoms with Crippen LogP contribution in [0.1, 0.15) is 97.3 Å². The van der Waals surface area contributed by atoms with Crippen molar-refractivity contribution in [2.24, 2.45) is 34.5 Å². The molecule has 0 aromatic carbocycles. The van der Waals surface area contributed by atoms with E-state index in [4.69, 9.17) is 0 Å². The molecule has 33 heavy (non-hydrogen) atoms. The van der Waals surface area contributed by atoms with E-state index in [1.165, 1.54) is 32.1 Å². The van der Waals surface area contributed by atoms with Gasteiger partial charge in [0.25, 0.3) is 0 Å². The van der Waals surface area contributed by atoms with E-state index >= 15 is 0 Å². The van der Waals surface area contributed by atoms with Gasteiger partial charge in [0.1, 0.15) is 18.0 Å². The van der Waals surface area contributed by atoms with E-state index in [0.29, 0.717) is 12.3 Å². The van der Waals surface area contributed by atoms with Gasteiger partial charge >= 0.3 is 0 Å². The number of ketones is 2. The number of aliphatic hydroxyl groups is 3. The molecule has 5 heteroatoms. The molecule has 0 radical (unpaired) electrons. The van der Waals surface area contributed by atoms with Gasteiger partial charge in [-0.05, 0) is 93.8 Å². The van der Waals surface area contributed by atoms with E-state index in [2.05, 4.69) is 19.1 Å². The summed E-state index contributed by atoms with van der Waals surface area (Å²) in [5.41, 5.74) is -2.40. The van der Waals surface area contributed by atoms with Crippen LogP contribution in [0.5, 0.6) is 0 Å². The normalized spacial score (nSPS) is 46.8. The number of allylic oxidation sites excluding steroid dienone is 2. The van der Waals surface area contributed by atoms with Gasteiger partial charge in [0, 0.05) is 17.8 Å². The molecule has 0 bridgehead atoms. The Morgan fingerprint density at radius 1 is 1.03 bits per heavy atom. The molecule has 5 aliphatic carbocycles. The van der Waals surface area contributed by atoms with Crippen molar-refractivity contribution in [1.82, 2.24) is 0 Å². The summed E-state index contributed by atoms with van der Waals surface area (Å²) in [5, 5.41) is 30.6. The summed E-state index contributed by atoms with van der Waals surface area (Å²) in [5.74, 6) is 0.380. The summed E-state index contributed by atoms with van der Waals surface area (Å²) in [6.07, 6.45) is 17.0. The molecule has 5 nitrogen and oxygen atoms in total. The van der Waals surface area contributed by atoms with Gasteiger partial charge in [-0.25, -0.2) is 0 Å². The second-order valence-electron chi connectivity index (χ2n) is 12.1. The molecule has 8 atom stereocenters. The van der Waals surface area contributed by atoms with Crippen LogP contribution in [0.25, 0.3) is 0 Å². The minimum Gasteiger partial charge on any atom is -0.393 e. The Balaban J connectivity index is 0.000000318. The Morgan fingerprint density at radius 2 is 1.73 bits per heavy atom. The van der Waals surface area contributed by atoms with E-state index in [0.717, 1.165) is 38.5 Å².